The molecule has 0 bridgehead atoms. The van der Waals surface area contributed by atoms with Gasteiger partial charge in [-0.3, -0.25) is 9.78 Å². The van der Waals surface area contributed by atoms with E-state index in [4.69, 9.17) is 4.74 Å². The molecule has 19 heavy (non-hydrogen) atoms. The van der Waals surface area contributed by atoms with E-state index >= 15 is 0 Å². The molecule has 1 aromatic rings. The first-order valence-corrected chi connectivity index (χ1v) is 6.86. The molecule has 4 heteroatoms. The summed E-state index contributed by atoms with van der Waals surface area (Å²) in [6.45, 7) is 4.71. The Morgan fingerprint density at radius 3 is 2.84 bits per heavy atom. The molecule has 0 atom stereocenters. The van der Waals surface area contributed by atoms with Crippen LogP contribution in [0.3, 0.4) is 0 Å². The number of aryl methyl sites for hydroxylation is 1. The average Bonchev–Trinajstić information content (AvgIpc) is 3.18. The van der Waals surface area contributed by atoms with E-state index < -0.39 is 0 Å². The van der Waals surface area contributed by atoms with Crippen molar-refractivity contribution in [2.75, 3.05) is 13.7 Å². The van der Waals surface area contributed by atoms with Gasteiger partial charge in [-0.1, -0.05) is 0 Å². The number of hydrogen-bond acceptors (Lipinski definition) is 4. The van der Waals surface area contributed by atoms with Gasteiger partial charge in [0, 0.05) is 42.8 Å². The number of carbonyl (C=O) groups is 1. The lowest BCUT2D eigenvalue weighted by atomic mass is 10.1. The minimum atomic E-state index is 0.231. The number of ether oxygens (including phenoxy) is 1. The van der Waals surface area contributed by atoms with E-state index in [0.29, 0.717) is 18.9 Å². The van der Waals surface area contributed by atoms with Crippen LogP contribution < -0.4 is 10.1 Å². The number of ketones is 1. The number of nitrogens with zero attached hydrogens (tertiary/aromatic N) is 1. The summed E-state index contributed by atoms with van der Waals surface area (Å²) in [5.74, 6) is 1.07. The van der Waals surface area contributed by atoms with Gasteiger partial charge in [-0.15, -0.1) is 0 Å². The van der Waals surface area contributed by atoms with E-state index in [0.717, 1.165) is 29.1 Å². The number of carbonyl (C=O) groups excluding carboxylic acids is 1. The number of Topliss-reactive ketones (excluding diaryl/α,β-unsaturated/α-hetero) is 1. The van der Waals surface area contributed by atoms with Crippen molar-refractivity contribution in [1.29, 1.82) is 0 Å². The largest absolute Gasteiger partial charge is 0.496 e. The van der Waals surface area contributed by atoms with E-state index in [1.165, 1.54) is 12.8 Å². The van der Waals surface area contributed by atoms with Gasteiger partial charge in [0.25, 0.3) is 0 Å². The maximum atomic E-state index is 11.9. The highest BCUT2D eigenvalue weighted by molar-refractivity contribution is 5.81. The van der Waals surface area contributed by atoms with E-state index in [9.17, 15) is 4.79 Å². The van der Waals surface area contributed by atoms with Crippen LogP contribution in [0, 0.1) is 13.8 Å². The van der Waals surface area contributed by atoms with Crippen LogP contribution in [-0.4, -0.2) is 30.5 Å². The third-order valence-electron chi connectivity index (χ3n) is 3.53. The van der Waals surface area contributed by atoms with E-state index in [-0.39, 0.29) is 5.78 Å². The first-order valence-electron chi connectivity index (χ1n) is 6.86. The first-order chi connectivity index (χ1) is 9.11. The van der Waals surface area contributed by atoms with Crippen LogP contribution >= 0.6 is 0 Å². The molecule has 0 aliphatic heterocycles. The summed E-state index contributed by atoms with van der Waals surface area (Å²) in [5.41, 5.74) is 2.82. The molecule has 0 spiro atoms. The van der Waals surface area contributed by atoms with Crippen LogP contribution in [0.2, 0.25) is 0 Å². The molecule has 1 aliphatic rings. The Kier molecular flexibility index (Phi) is 4.53. The SMILES string of the molecule is COc1c(C)cnc(CC(=O)CCNC2CC2)c1C. The van der Waals surface area contributed by atoms with Crippen LogP contribution in [0.4, 0.5) is 0 Å². The highest BCUT2D eigenvalue weighted by Crippen LogP contribution is 2.24. The molecule has 104 valence electrons. The number of methoxy groups -OCH3 is 1. The van der Waals surface area contributed by atoms with E-state index in [2.05, 4.69) is 10.3 Å². The Labute approximate surface area is 114 Å². The van der Waals surface area contributed by atoms with Gasteiger partial charge in [0.05, 0.1) is 12.8 Å². The van der Waals surface area contributed by atoms with Gasteiger partial charge in [0.15, 0.2) is 0 Å². The van der Waals surface area contributed by atoms with Crippen molar-refractivity contribution >= 4 is 5.78 Å². The Balaban J connectivity index is 1.91. The molecule has 0 unspecified atom stereocenters. The van der Waals surface area contributed by atoms with Gasteiger partial charge in [-0.25, -0.2) is 0 Å². The zero-order valence-electron chi connectivity index (χ0n) is 12.0. The molecule has 1 aromatic heterocycles. The fourth-order valence-electron chi connectivity index (χ4n) is 2.23. The number of pyridine rings is 1. The highest BCUT2D eigenvalue weighted by atomic mass is 16.5. The lowest BCUT2D eigenvalue weighted by Crippen LogP contribution is -2.21. The van der Waals surface area contributed by atoms with Crippen LogP contribution in [-0.2, 0) is 11.2 Å². The van der Waals surface area contributed by atoms with Crippen LogP contribution in [0.15, 0.2) is 6.20 Å². The van der Waals surface area contributed by atoms with Crippen molar-refractivity contribution in [2.24, 2.45) is 0 Å². The van der Waals surface area contributed by atoms with Crippen molar-refractivity contribution in [2.45, 2.75) is 45.6 Å². The number of rotatable bonds is 7. The van der Waals surface area contributed by atoms with E-state index in [1.807, 2.05) is 13.8 Å². The standard InChI is InChI=1S/C15H22N2O2/c1-10-9-17-14(11(2)15(10)19-3)8-13(18)6-7-16-12-4-5-12/h9,12,16H,4-8H2,1-3H3. The van der Waals surface area contributed by atoms with Gasteiger partial charge in [-0.05, 0) is 26.7 Å². The second-order valence-corrected chi connectivity index (χ2v) is 5.24. The quantitative estimate of drug-likeness (QED) is 0.816. The fourth-order valence-corrected chi connectivity index (χ4v) is 2.23. The molecule has 0 amide bonds. The van der Waals surface area contributed by atoms with Gasteiger partial charge < -0.3 is 10.1 Å². The number of aromatic nitrogens is 1. The molecule has 4 nitrogen and oxygen atoms in total. The zero-order chi connectivity index (χ0) is 13.8. The third-order valence-corrected chi connectivity index (χ3v) is 3.53. The van der Waals surface area contributed by atoms with Gasteiger partial charge >= 0.3 is 0 Å². The lowest BCUT2D eigenvalue weighted by molar-refractivity contribution is -0.118. The molecule has 1 fully saturated rings. The topological polar surface area (TPSA) is 51.2 Å². The maximum Gasteiger partial charge on any atom is 0.140 e. The van der Waals surface area contributed by atoms with Gasteiger partial charge in [-0.2, -0.15) is 0 Å². The molecule has 1 N–H and O–H groups in total. The van der Waals surface area contributed by atoms with Crippen LogP contribution in [0.25, 0.3) is 0 Å². The van der Waals surface area contributed by atoms with E-state index in [1.54, 1.807) is 13.3 Å². The second kappa shape index (κ2) is 6.15. The molecule has 1 heterocycles. The summed E-state index contributed by atoms with van der Waals surface area (Å²) in [4.78, 5) is 16.3. The van der Waals surface area contributed by atoms with Crippen molar-refractivity contribution in [3.05, 3.63) is 23.0 Å². The molecule has 2 rings (SSSR count). The molecule has 1 saturated carbocycles. The van der Waals surface area contributed by atoms with Crippen LogP contribution in [0.5, 0.6) is 5.75 Å². The monoisotopic (exact) mass is 262 g/mol. The van der Waals surface area contributed by atoms with Crippen molar-refractivity contribution < 1.29 is 9.53 Å². The summed E-state index contributed by atoms with van der Waals surface area (Å²) < 4.78 is 5.36. The van der Waals surface area contributed by atoms with Gasteiger partial charge in [0.2, 0.25) is 0 Å². The summed E-state index contributed by atoms with van der Waals surface area (Å²) >= 11 is 0. The molecular formula is C15H22N2O2. The van der Waals surface area contributed by atoms with Crippen molar-refractivity contribution in [1.82, 2.24) is 10.3 Å². The predicted octanol–water partition coefficient (Wildman–Crippen LogP) is 1.96. The molecule has 0 aromatic carbocycles. The smallest absolute Gasteiger partial charge is 0.140 e. The summed E-state index contributed by atoms with van der Waals surface area (Å²) in [7, 11) is 1.65. The Hall–Kier alpha value is -1.42. The maximum absolute atomic E-state index is 11.9. The highest BCUT2D eigenvalue weighted by Gasteiger charge is 2.20. The van der Waals surface area contributed by atoms with Crippen LogP contribution in [0.1, 0.15) is 36.1 Å². The number of hydrogen-bond donors (Lipinski definition) is 1. The molecule has 0 saturated heterocycles. The minimum absolute atomic E-state index is 0.231. The first kappa shape index (κ1) is 14.0. The molecular weight excluding hydrogens is 240 g/mol. The predicted molar refractivity (Wildman–Crippen MR) is 74.6 cm³/mol. The Morgan fingerprint density at radius 1 is 1.47 bits per heavy atom. The average molecular weight is 262 g/mol. The minimum Gasteiger partial charge on any atom is -0.496 e. The lowest BCUT2D eigenvalue weighted by Gasteiger charge is -2.11. The normalized spacial score (nSPS) is 14.5. The van der Waals surface area contributed by atoms with Crippen molar-refractivity contribution in [3.8, 4) is 5.75 Å². The van der Waals surface area contributed by atoms with Crippen molar-refractivity contribution in [3.63, 3.8) is 0 Å². The summed E-state index contributed by atoms with van der Waals surface area (Å²) in [6, 6.07) is 0.659. The molecule has 0 radical (unpaired) electrons. The zero-order valence-corrected chi connectivity index (χ0v) is 12.0. The summed E-state index contributed by atoms with van der Waals surface area (Å²) in [5, 5.41) is 3.35. The summed E-state index contributed by atoms with van der Waals surface area (Å²) in [6.07, 6.45) is 5.26. The Morgan fingerprint density at radius 2 is 2.21 bits per heavy atom. The van der Waals surface area contributed by atoms with Gasteiger partial charge in [0.1, 0.15) is 11.5 Å². The Bertz CT molecular complexity index is 467. The third kappa shape index (κ3) is 3.77. The number of nitrogens with one attached hydrogen (secondary N) is 1. The second-order valence-electron chi connectivity index (χ2n) is 5.24. The fraction of sp³-hybridized carbons (Fsp3) is 0.600. The molecule has 1 aliphatic carbocycles.